The fourth-order valence-electron chi connectivity index (χ4n) is 1.88. The van der Waals surface area contributed by atoms with Crippen LogP contribution >= 0.6 is 11.8 Å². The number of phenols is 1. The van der Waals surface area contributed by atoms with Crippen LogP contribution in [0.1, 0.15) is 5.56 Å². The molecule has 0 aliphatic carbocycles. The van der Waals surface area contributed by atoms with Crippen molar-refractivity contribution in [1.82, 2.24) is 5.32 Å². The topological polar surface area (TPSA) is 58.6 Å². The van der Waals surface area contributed by atoms with Crippen molar-refractivity contribution >= 4 is 17.7 Å². The molecule has 0 unspecified atom stereocenters. The van der Waals surface area contributed by atoms with Gasteiger partial charge in [-0.15, -0.1) is 11.8 Å². The second-order valence-electron chi connectivity index (χ2n) is 4.73. The lowest BCUT2D eigenvalue weighted by atomic mass is 10.1. The predicted molar refractivity (Wildman–Crippen MR) is 88.5 cm³/mol. The Hall–Kier alpha value is -2.14. The van der Waals surface area contributed by atoms with Crippen molar-refractivity contribution in [2.75, 3.05) is 19.4 Å². The summed E-state index contributed by atoms with van der Waals surface area (Å²) in [5.41, 5.74) is 1.16. The van der Waals surface area contributed by atoms with E-state index in [1.165, 1.54) is 11.8 Å². The lowest BCUT2D eigenvalue weighted by Crippen LogP contribution is -2.27. The fourth-order valence-corrected chi connectivity index (χ4v) is 2.61. The number of carbonyl (C=O) groups excluding carboxylic acids is 1. The van der Waals surface area contributed by atoms with Gasteiger partial charge in [-0.05, 0) is 48.4 Å². The van der Waals surface area contributed by atoms with E-state index < -0.39 is 0 Å². The van der Waals surface area contributed by atoms with Gasteiger partial charge >= 0.3 is 0 Å². The first-order chi connectivity index (χ1) is 10.7. The molecule has 2 aromatic rings. The molecule has 0 saturated heterocycles. The van der Waals surface area contributed by atoms with Crippen molar-refractivity contribution < 1.29 is 14.6 Å². The number of aromatic hydroxyl groups is 1. The van der Waals surface area contributed by atoms with E-state index in [4.69, 9.17) is 4.74 Å². The summed E-state index contributed by atoms with van der Waals surface area (Å²) in [7, 11) is 1.64. The van der Waals surface area contributed by atoms with Crippen molar-refractivity contribution in [2.24, 2.45) is 0 Å². The maximum Gasteiger partial charge on any atom is 0.230 e. The Labute approximate surface area is 134 Å². The molecule has 0 aliphatic heterocycles. The highest BCUT2D eigenvalue weighted by atomic mass is 32.2. The summed E-state index contributed by atoms with van der Waals surface area (Å²) in [6.45, 7) is 0.612. The van der Waals surface area contributed by atoms with Crippen LogP contribution in [-0.4, -0.2) is 30.4 Å². The number of methoxy groups -OCH3 is 1. The van der Waals surface area contributed by atoms with E-state index in [1.54, 1.807) is 31.4 Å². The average molecular weight is 317 g/mol. The summed E-state index contributed by atoms with van der Waals surface area (Å²) in [5.74, 6) is 1.44. The van der Waals surface area contributed by atoms with Gasteiger partial charge in [-0.3, -0.25) is 4.79 Å². The largest absolute Gasteiger partial charge is 0.508 e. The Morgan fingerprint density at radius 3 is 2.45 bits per heavy atom. The van der Waals surface area contributed by atoms with Gasteiger partial charge in [0.25, 0.3) is 0 Å². The summed E-state index contributed by atoms with van der Waals surface area (Å²) in [6.07, 6.45) is 0.791. The molecule has 1 amide bonds. The van der Waals surface area contributed by atoms with Gasteiger partial charge in [-0.2, -0.15) is 0 Å². The summed E-state index contributed by atoms with van der Waals surface area (Å²) in [4.78, 5) is 12.7. The number of carbonyl (C=O) groups is 1. The zero-order valence-corrected chi connectivity index (χ0v) is 13.2. The van der Waals surface area contributed by atoms with Gasteiger partial charge in [0.15, 0.2) is 0 Å². The third-order valence-electron chi connectivity index (χ3n) is 3.10. The number of rotatable bonds is 7. The smallest absolute Gasteiger partial charge is 0.230 e. The molecule has 0 heterocycles. The minimum atomic E-state index is 0.00610. The number of benzene rings is 2. The van der Waals surface area contributed by atoms with Gasteiger partial charge < -0.3 is 15.2 Å². The predicted octanol–water partition coefficient (Wildman–Crippen LogP) is 2.85. The number of nitrogens with one attached hydrogen (secondary N) is 1. The second-order valence-corrected chi connectivity index (χ2v) is 5.78. The van der Waals surface area contributed by atoms with Crippen LogP contribution in [-0.2, 0) is 11.2 Å². The molecule has 0 spiro atoms. The molecule has 0 saturated carbocycles. The van der Waals surface area contributed by atoms with Gasteiger partial charge in [-0.1, -0.05) is 12.1 Å². The first-order valence-electron chi connectivity index (χ1n) is 6.99. The summed E-state index contributed by atoms with van der Waals surface area (Å²) in [5, 5.41) is 12.1. The third kappa shape index (κ3) is 5.33. The Morgan fingerprint density at radius 1 is 1.14 bits per heavy atom. The third-order valence-corrected chi connectivity index (χ3v) is 4.11. The van der Waals surface area contributed by atoms with Gasteiger partial charge in [0.2, 0.25) is 5.91 Å². The molecular formula is C17H19NO3S. The minimum Gasteiger partial charge on any atom is -0.508 e. The van der Waals surface area contributed by atoms with Gasteiger partial charge in [-0.25, -0.2) is 0 Å². The lowest BCUT2D eigenvalue weighted by Gasteiger charge is -2.06. The first kappa shape index (κ1) is 16.2. The fraction of sp³-hybridized carbons (Fsp3) is 0.235. The minimum absolute atomic E-state index is 0.00610. The number of hydrogen-bond acceptors (Lipinski definition) is 4. The molecular weight excluding hydrogens is 298 g/mol. The van der Waals surface area contributed by atoms with Crippen LogP contribution in [0.3, 0.4) is 0 Å². The molecule has 0 bridgehead atoms. The Morgan fingerprint density at radius 2 is 1.82 bits per heavy atom. The van der Waals surface area contributed by atoms with Crippen LogP contribution in [0.15, 0.2) is 53.4 Å². The van der Waals surface area contributed by atoms with E-state index in [9.17, 15) is 9.90 Å². The van der Waals surface area contributed by atoms with Gasteiger partial charge in [0, 0.05) is 11.4 Å². The molecule has 2 N–H and O–H groups in total. The standard InChI is InChI=1S/C17H19NO3S/c1-21-15-6-2-13(3-7-15)10-11-18-17(20)12-22-16-8-4-14(19)5-9-16/h2-9,19H,10-12H2,1H3,(H,18,20). The zero-order chi connectivity index (χ0) is 15.8. The Kier molecular flexibility index (Phi) is 6.15. The van der Waals surface area contributed by atoms with E-state index in [0.29, 0.717) is 12.3 Å². The molecule has 0 aromatic heterocycles. The maximum atomic E-state index is 11.8. The van der Waals surface area contributed by atoms with E-state index in [-0.39, 0.29) is 11.7 Å². The van der Waals surface area contributed by atoms with Crippen LogP contribution in [0.25, 0.3) is 0 Å². The van der Waals surface area contributed by atoms with E-state index in [0.717, 1.165) is 22.6 Å². The van der Waals surface area contributed by atoms with Crippen molar-refractivity contribution in [3.8, 4) is 11.5 Å². The molecule has 4 nitrogen and oxygen atoms in total. The molecule has 0 fully saturated rings. The second kappa shape index (κ2) is 8.34. The van der Waals surface area contributed by atoms with E-state index in [1.807, 2.05) is 24.3 Å². The number of ether oxygens (including phenoxy) is 1. The SMILES string of the molecule is COc1ccc(CCNC(=O)CSc2ccc(O)cc2)cc1. The number of amides is 1. The zero-order valence-electron chi connectivity index (χ0n) is 12.4. The van der Waals surface area contributed by atoms with E-state index >= 15 is 0 Å². The van der Waals surface area contributed by atoms with Crippen LogP contribution in [0.4, 0.5) is 0 Å². The van der Waals surface area contributed by atoms with Crippen LogP contribution in [0, 0.1) is 0 Å². The number of phenolic OH excluding ortho intramolecular Hbond substituents is 1. The highest BCUT2D eigenvalue weighted by Crippen LogP contribution is 2.20. The van der Waals surface area contributed by atoms with Crippen molar-refractivity contribution in [1.29, 1.82) is 0 Å². The highest BCUT2D eigenvalue weighted by molar-refractivity contribution is 8.00. The van der Waals surface area contributed by atoms with Crippen molar-refractivity contribution in [3.05, 3.63) is 54.1 Å². The van der Waals surface area contributed by atoms with Crippen LogP contribution in [0.5, 0.6) is 11.5 Å². The quantitative estimate of drug-likeness (QED) is 0.771. The molecule has 0 atom stereocenters. The molecule has 2 rings (SSSR count). The van der Waals surface area contributed by atoms with Gasteiger partial charge in [0.1, 0.15) is 11.5 Å². The van der Waals surface area contributed by atoms with Crippen molar-refractivity contribution in [2.45, 2.75) is 11.3 Å². The molecule has 5 heteroatoms. The molecule has 22 heavy (non-hydrogen) atoms. The van der Waals surface area contributed by atoms with E-state index in [2.05, 4.69) is 5.32 Å². The molecule has 2 aromatic carbocycles. The van der Waals surface area contributed by atoms with Gasteiger partial charge in [0.05, 0.1) is 12.9 Å². The lowest BCUT2D eigenvalue weighted by molar-refractivity contribution is -0.118. The Bertz CT molecular complexity index is 596. The summed E-state index contributed by atoms with van der Waals surface area (Å²) in [6, 6.07) is 14.6. The average Bonchev–Trinajstić information content (AvgIpc) is 2.55. The summed E-state index contributed by atoms with van der Waals surface area (Å²) >= 11 is 1.45. The monoisotopic (exact) mass is 317 g/mol. The van der Waals surface area contributed by atoms with Crippen LogP contribution in [0.2, 0.25) is 0 Å². The maximum absolute atomic E-state index is 11.8. The van der Waals surface area contributed by atoms with Crippen molar-refractivity contribution in [3.63, 3.8) is 0 Å². The molecule has 0 radical (unpaired) electrons. The normalized spacial score (nSPS) is 10.2. The number of thioether (sulfide) groups is 1. The summed E-state index contributed by atoms with van der Waals surface area (Å²) < 4.78 is 5.11. The Balaban J connectivity index is 1.67. The highest BCUT2D eigenvalue weighted by Gasteiger charge is 2.03. The number of hydrogen-bond donors (Lipinski definition) is 2. The first-order valence-corrected chi connectivity index (χ1v) is 7.97. The molecule has 116 valence electrons. The molecule has 0 aliphatic rings. The van der Waals surface area contributed by atoms with Crippen LogP contribution < -0.4 is 10.1 Å².